The number of alkyl halides is 3. The molecule has 0 bridgehead atoms. The van der Waals surface area contributed by atoms with Crippen LogP contribution in [-0.2, 0) is 12.7 Å². The van der Waals surface area contributed by atoms with Crippen LogP contribution in [0.15, 0.2) is 30.5 Å². The van der Waals surface area contributed by atoms with Crippen molar-refractivity contribution in [1.29, 1.82) is 0 Å². The number of halogens is 3. The van der Waals surface area contributed by atoms with Crippen LogP contribution in [-0.4, -0.2) is 42.0 Å². The Morgan fingerprint density at radius 3 is 2.48 bits per heavy atom. The molecule has 0 N–H and O–H groups in total. The van der Waals surface area contributed by atoms with E-state index in [4.69, 9.17) is 0 Å². The zero-order valence-corrected chi connectivity index (χ0v) is 13.9. The number of rotatable bonds is 4. The monoisotopic (exact) mass is 370 g/mol. The normalized spacial score (nSPS) is 16.2. The van der Waals surface area contributed by atoms with E-state index in [-0.39, 0.29) is 17.0 Å². The lowest BCUT2D eigenvalue weighted by molar-refractivity contribution is -0.254. The molecule has 1 aliphatic rings. The molecule has 134 valence electrons. The molecule has 0 atom stereocenters. The van der Waals surface area contributed by atoms with E-state index >= 15 is 0 Å². The molecule has 0 saturated carbocycles. The minimum absolute atomic E-state index is 0.0662. The third kappa shape index (κ3) is 4.10. The Hall–Kier alpha value is -2.13. The quantitative estimate of drug-likeness (QED) is 0.822. The number of carboxylic acids is 1. The highest BCUT2D eigenvalue weighted by Gasteiger charge is 2.33. The Labute approximate surface area is 146 Å². The number of benzene rings is 1. The van der Waals surface area contributed by atoms with Gasteiger partial charge in [0.15, 0.2) is 5.13 Å². The molecule has 1 aliphatic heterocycles. The van der Waals surface area contributed by atoms with E-state index < -0.39 is 17.7 Å². The van der Waals surface area contributed by atoms with Gasteiger partial charge in [0, 0.05) is 38.9 Å². The molecule has 0 radical (unpaired) electrons. The van der Waals surface area contributed by atoms with Crippen LogP contribution in [0.2, 0.25) is 0 Å². The van der Waals surface area contributed by atoms with Crippen molar-refractivity contribution in [3.8, 4) is 0 Å². The Balaban J connectivity index is 1.62. The topological polar surface area (TPSA) is 59.5 Å². The molecule has 5 nitrogen and oxygen atoms in total. The van der Waals surface area contributed by atoms with Gasteiger partial charge in [0.1, 0.15) is 0 Å². The van der Waals surface area contributed by atoms with Crippen LogP contribution < -0.4 is 10.0 Å². The fourth-order valence-electron chi connectivity index (χ4n) is 2.78. The molecule has 1 fully saturated rings. The van der Waals surface area contributed by atoms with Crippen molar-refractivity contribution in [2.75, 3.05) is 31.1 Å². The van der Waals surface area contributed by atoms with Gasteiger partial charge in [0.05, 0.1) is 16.4 Å². The summed E-state index contributed by atoms with van der Waals surface area (Å²) in [4.78, 5) is 18.8. The first-order valence-electron chi connectivity index (χ1n) is 7.64. The fraction of sp³-hybridized carbons (Fsp3) is 0.375. The summed E-state index contributed by atoms with van der Waals surface area (Å²) in [5.41, 5.74) is -0.340. The third-order valence-corrected chi connectivity index (χ3v) is 5.09. The maximum absolute atomic E-state index is 13.1. The summed E-state index contributed by atoms with van der Waals surface area (Å²) in [6, 6.07) is 5.60. The minimum atomic E-state index is -4.36. The van der Waals surface area contributed by atoms with Crippen molar-refractivity contribution in [1.82, 2.24) is 9.88 Å². The van der Waals surface area contributed by atoms with E-state index in [0.717, 1.165) is 17.4 Å². The number of thiazole rings is 1. The molecule has 1 aromatic heterocycles. The van der Waals surface area contributed by atoms with Gasteiger partial charge in [-0.15, -0.1) is 0 Å². The van der Waals surface area contributed by atoms with Crippen molar-refractivity contribution in [3.05, 3.63) is 46.5 Å². The molecule has 0 spiro atoms. The average Bonchev–Trinajstić information content (AvgIpc) is 3.05. The molecule has 25 heavy (non-hydrogen) atoms. The number of anilines is 1. The van der Waals surface area contributed by atoms with Gasteiger partial charge >= 0.3 is 6.18 Å². The molecule has 2 aromatic rings. The predicted molar refractivity (Wildman–Crippen MR) is 85.4 cm³/mol. The first kappa shape index (κ1) is 17.7. The number of carbonyl (C=O) groups is 1. The summed E-state index contributed by atoms with van der Waals surface area (Å²) < 4.78 is 39.2. The molecule has 0 aliphatic carbocycles. The van der Waals surface area contributed by atoms with E-state index in [1.807, 2.05) is 9.80 Å². The second kappa shape index (κ2) is 7.01. The molecule has 0 unspecified atom stereocenters. The molecule has 1 aromatic carbocycles. The molecular weight excluding hydrogens is 355 g/mol. The van der Waals surface area contributed by atoms with Gasteiger partial charge in [-0.3, -0.25) is 4.90 Å². The number of nitrogens with zero attached hydrogens (tertiary/aromatic N) is 3. The second-order valence-corrected chi connectivity index (χ2v) is 6.72. The van der Waals surface area contributed by atoms with Crippen molar-refractivity contribution in [3.63, 3.8) is 0 Å². The number of hydrogen-bond acceptors (Lipinski definition) is 6. The van der Waals surface area contributed by atoms with Gasteiger partial charge in [0.2, 0.25) is 0 Å². The van der Waals surface area contributed by atoms with Gasteiger partial charge in [-0.05, 0) is 11.6 Å². The summed E-state index contributed by atoms with van der Waals surface area (Å²) in [6.07, 6.45) is -3.10. The van der Waals surface area contributed by atoms with Crippen LogP contribution in [0.4, 0.5) is 18.3 Å². The van der Waals surface area contributed by atoms with Gasteiger partial charge in [0.25, 0.3) is 0 Å². The fourth-order valence-corrected chi connectivity index (χ4v) is 3.58. The van der Waals surface area contributed by atoms with Gasteiger partial charge in [-0.2, -0.15) is 13.2 Å². The van der Waals surface area contributed by atoms with Crippen LogP contribution in [0, 0.1) is 0 Å². The summed E-state index contributed by atoms with van der Waals surface area (Å²) in [6.45, 7) is 2.53. The van der Waals surface area contributed by atoms with Crippen molar-refractivity contribution in [2.45, 2.75) is 12.7 Å². The molecule has 0 amide bonds. The molecule has 2 heterocycles. The zero-order chi connectivity index (χ0) is 18.0. The first-order valence-corrected chi connectivity index (χ1v) is 8.46. The summed E-state index contributed by atoms with van der Waals surface area (Å²) in [5, 5.41) is 11.4. The van der Waals surface area contributed by atoms with Crippen LogP contribution in [0.3, 0.4) is 0 Å². The first-order chi connectivity index (χ1) is 11.8. The lowest BCUT2D eigenvalue weighted by Crippen LogP contribution is -2.46. The standard InChI is InChI=1S/C16H16F3N3O2S/c17-16(18,19)12-4-2-1-3-11(12)10-21-5-7-22(8-6-21)15-20-9-13(25-15)14(23)24/h1-4,9H,5-8,10H2,(H,23,24)/p-1. The predicted octanol–water partition coefficient (Wildman–Crippen LogP) is 1.85. The second-order valence-electron chi connectivity index (χ2n) is 5.71. The summed E-state index contributed by atoms with van der Waals surface area (Å²) in [5.74, 6) is -1.26. The van der Waals surface area contributed by atoms with Gasteiger partial charge in [-0.1, -0.05) is 29.5 Å². The Morgan fingerprint density at radius 2 is 1.88 bits per heavy atom. The highest BCUT2D eigenvalue weighted by atomic mass is 32.1. The SMILES string of the molecule is O=C([O-])c1cnc(N2CCN(Cc3ccccc3C(F)(F)F)CC2)s1. The highest BCUT2D eigenvalue weighted by Crippen LogP contribution is 2.32. The van der Waals surface area contributed by atoms with Crippen molar-refractivity contribution >= 4 is 22.4 Å². The number of hydrogen-bond donors (Lipinski definition) is 0. The Kier molecular flexibility index (Phi) is 4.96. The van der Waals surface area contributed by atoms with Crippen molar-refractivity contribution < 1.29 is 23.1 Å². The molecule has 1 saturated heterocycles. The lowest BCUT2D eigenvalue weighted by Gasteiger charge is -2.35. The van der Waals surface area contributed by atoms with Crippen molar-refractivity contribution in [2.24, 2.45) is 0 Å². The smallest absolute Gasteiger partial charge is 0.416 e. The number of piperazine rings is 1. The number of aromatic carboxylic acids is 1. The van der Waals surface area contributed by atoms with Crippen LogP contribution >= 0.6 is 11.3 Å². The molecule has 3 rings (SSSR count). The van der Waals surface area contributed by atoms with Crippen LogP contribution in [0.1, 0.15) is 20.8 Å². The van der Waals surface area contributed by atoms with E-state index in [2.05, 4.69) is 4.98 Å². The highest BCUT2D eigenvalue weighted by molar-refractivity contribution is 7.17. The molecular formula is C16H15F3N3O2S-. The Morgan fingerprint density at radius 1 is 1.20 bits per heavy atom. The number of carboxylic acid groups (broad SMARTS) is 1. The van der Waals surface area contributed by atoms with Crippen LogP contribution in [0.25, 0.3) is 0 Å². The average molecular weight is 370 g/mol. The number of carbonyl (C=O) groups excluding carboxylic acids is 1. The summed E-state index contributed by atoms with van der Waals surface area (Å²) in [7, 11) is 0. The Bertz CT molecular complexity index is 755. The van der Waals surface area contributed by atoms with E-state index in [0.29, 0.717) is 31.3 Å². The van der Waals surface area contributed by atoms with E-state index in [1.165, 1.54) is 18.3 Å². The van der Waals surface area contributed by atoms with Gasteiger partial charge < -0.3 is 14.8 Å². The van der Waals surface area contributed by atoms with E-state index in [9.17, 15) is 23.1 Å². The van der Waals surface area contributed by atoms with Crippen LogP contribution in [0.5, 0.6) is 0 Å². The minimum Gasteiger partial charge on any atom is -0.544 e. The largest absolute Gasteiger partial charge is 0.544 e. The van der Waals surface area contributed by atoms with Gasteiger partial charge in [-0.25, -0.2) is 4.98 Å². The molecule has 9 heteroatoms. The maximum Gasteiger partial charge on any atom is 0.416 e. The maximum atomic E-state index is 13.1. The van der Waals surface area contributed by atoms with E-state index in [1.54, 1.807) is 6.07 Å². The number of aromatic nitrogens is 1. The lowest BCUT2D eigenvalue weighted by atomic mass is 10.1. The zero-order valence-electron chi connectivity index (χ0n) is 13.1. The summed E-state index contributed by atoms with van der Waals surface area (Å²) >= 11 is 1.04. The third-order valence-electron chi connectivity index (χ3n) is 4.05.